The van der Waals surface area contributed by atoms with Crippen LogP contribution in [0.25, 0.3) is 0 Å². The Morgan fingerprint density at radius 3 is 2.40 bits per heavy atom. The molecule has 9 heteroatoms. The molecule has 0 radical (unpaired) electrons. The molecule has 0 fully saturated rings. The molecular weight excluding hydrogens is 428 g/mol. The van der Waals surface area contributed by atoms with Gasteiger partial charge in [0.25, 0.3) is 5.91 Å². The van der Waals surface area contributed by atoms with Gasteiger partial charge in [-0.25, -0.2) is 13.2 Å². The van der Waals surface area contributed by atoms with E-state index in [0.717, 1.165) is 0 Å². The number of anilines is 1. The first kappa shape index (κ1) is 23.9. The number of carbonyl (C=O) groups excluding carboxylic acids is 2. The zero-order chi connectivity index (χ0) is 22.5. The van der Waals surface area contributed by atoms with Crippen molar-refractivity contribution in [3.8, 4) is 0 Å². The van der Waals surface area contributed by atoms with E-state index in [2.05, 4.69) is 5.32 Å². The maximum atomic E-state index is 12.8. The van der Waals surface area contributed by atoms with Crippen LogP contribution in [0.5, 0.6) is 0 Å². The van der Waals surface area contributed by atoms with Gasteiger partial charge in [-0.15, -0.1) is 0 Å². The van der Waals surface area contributed by atoms with Gasteiger partial charge in [0, 0.05) is 23.8 Å². The Labute approximate surface area is 182 Å². The molecule has 162 valence electrons. The van der Waals surface area contributed by atoms with Crippen molar-refractivity contribution in [2.75, 3.05) is 25.0 Å². The van der Waals surface area contributed by atoms with Crippen molar-refractivity contribution in [3.63, 3.8) is 0 Å². The fraction of sp³-hybridized carbons (Fsp3) is 0.333. The van der Waals surface area contributed by atoms with Crippen molar-refractivity contribution in [1.82, 2.24) is 4.31 Å². The van der Waals surface area contributed by atoms with E-state index in [1.807, 2.05) is 0 Å². The third-order valence-corrected chi connectivity index (χ3v) is 7.22. The van der Waals surface area contributed by atoms with E-state index in [0.29, 0.717) is 34.9 Å². The van der Waals surface area contributed by atoms with E-state index in [4.69, 9.17) is 16.3 Å². The summed E-state index contributed by atoms with van der Waals surface area (Å²) in [6.07, 6.45) is 0. The van der Waals surface area contributed by atoms with E-state index in [1.165, 1.54) is 16.4 Å². The van der Waals surface area contributed by atoms with Gasteiger partial charge in [0.1, 0.15) is 0 Å². The Balaban J connectivity index is 2.12. The third-order valence-electron chi connectivity index (χ3n) is 4.62. The quantitative estimate of drug-likeness (QED) is 0.615. The van der Waals surface area contributed by atoms with Gasteiger partial charge in [0.15, 0.2) is 6.61 Å². The first-order valence-corrected chi connectivity index (χ1v) is 11.3. The normalized spacial score (nSPS) is 11.4. The standard InChI is InChI=1S/C21H25ClN2O5S/c1-5-24(6-2)30(27,28)19-12-16(11-10-14(19)3)21(26)29-13-20(25)23-18-9-7-8-17(22)15(18)4/h7-12H,5-6,13H2,1-4H3,(H,23,25). The maximum Gasteiger partial charge on any atom is 0.338 e. The second kappa shape index (κ2) is 10.1. The van der Waals surface area contributed by atoms with Crippen LogP contribution in [-0.4, -0.2) is 44.3 Å². The second-order valence-electron chi connectivity index (χ2n) is 6.61. The first-order chi connectivity index (χ1) is 14.1. The van der Waals surface area contributed by atoms with Crippen molar-refractivity contribution < 1.29 is 22.7 Å². The summed E-state index contributed by atoms with van der Waals surface area (Å²) in [4.78, 5) is 24.6. The molecule has 0 spiro atoms. The number of nitrogens with one attached hydrogen (secondary N) is 1. The number of hydrogen-bond donors (Lipinski definition) is 1. The highest BCUT2D eigenvalue weighted by Gasteiger charge is 2.25. The van der Waals surface area contributed by atoms with E-state index < -0.39 is 28.5 Å². The molecule has 0 atom stereocenters. The number of sulfonamides is 1. The highest BCUT2D eigenvalue weighted by atomic mass is 35.5. The minimum atomic E-state index is -3.73. The number of nitrogens with zero attached hydrogens (tertiary/aromatic N) is 1. The van der Waals surface area contributed by atoms with Gasteiger partial charge in [-0.05, 0) is 49.2 Å². The zero-order valence-corrected chi connectivity index (χ0v) is 18.9. The molecule has 0 saturated carbocycles. The highest BCUT2D eigenvalue weighted by molar-refractivity contribution is 7.89. The molecule has 0 aromatic heterocycles. The fourth-order valence-electron chi connectivity index (χ4n) is 2.85. The molecule has 0 aliphatic heterocycles. The van der Waals surface area contributed by atoms with Crippen molar-refractivity contribution in [1.29, 1.82) is 0 Å². The summed E-state index contributed by atoms with van der Waals surface area (Å²) >= 11 is 6.02. The number of aryl methyl sites for hydroxylation is 1. The number of rotatable bonds is 8. The molecule has 2 rings (SSSR count). The van der Waals surface area contributed by atoms with Crippen molar-refractivity contribution in [2.24, 2.45) is 0 Å². The lowest BCUT2D eigenvalue weighted by Crippen LogP contribution is -2.31. The van der Waals surface area contributed by atoms with Crippen LogP contribution in [0.2, 0.25) is 5.02 Å². The number of carbonyl (C=O) groups is 2. The van der Waals surface area contributed by atoms with Crippen LogP contribution >= 0.6 is 11.6 Å². The molecule has 0 unspecified atom stereocenters. The van der Waals surface area contributed by atoms with Crippen LogP contribution in [0, 0.1) is 13.8 Å². The molecule has 2 aromatic carbocycles. The topological polar surface area (TPSA) is 92.8 Å². The number of halogens is 1. The first-order valence-electron chi connectivity index (χ1n) is 9.44. The molecule has 0 saturated heterocycles. The Bertz CT molecular complexity index is 1050. The lowest BCUT2D eigenvalue weighted by molar-refractivity contribution is -0.119. The van der Waals surface area contributed by atoms with Crippen LogP contribution in [0.3, 0.4) is 0 Å². The van der Waals surface area contributed by atoms with Gasteiger partial charge in [0.2, 0.25) is 10.0 Å². The predicted octanol–water partition coefficient (Wildman–Crippen LogP) is 3.78. The van der Waals surface area contributed by atoms with Gasteiger partial charge in [-0.1, -0.05) is 37.6 Å². The summed E-state index contributed by atoms with van der Waals surface area (Å²) in [7, 11) is -3.73. The summed E-state index contributed by atoms with van der Waals surface area (Å²) in [5.74, 6) is -1.32. The van der Waals surface area contributed by atoms with Gasteiger partial charge in [-0.2, -0.15) is 4.31 Å². The molecule has 30 heavy (non-hydrogen) atoms. The van der Waals surface area contributed by atoms with Crippen LogP contribution < -0.4 is 5.32 Å². The summed E-state index contributed by atoms with van der Waals surface area (Å²) < 4.78 is 32.0. The molecule has 0 aliphatic carbocycles. The molecule has 0 bridgehead atoms. The number of amides is 1. The monoisotopic (exact) mass is 452 g/mol. The number of benzene rings is 2. The minimum absolute atomic E-state index is 0.0413. The maximum absolute atomic E-state index is 12.8. The van der Waals surface area contributed by atoms with Crippen LogP contribution in [0.4, 0.5) is 5.69 Å². The lowest BCUT2D eigenvalue weighted by atomic mass is 10.1. The second-order valence-corrected chi connectivity index (χ2v) is 8.92. The highest BCUT2D eigenvalue weighted by Crippen LogP contribution is 2.23. The average Bonchev–Trinajstić information content (AvgIpc) is 2.70. The van der Waals surface area contributed by atoms with Crippen LogP contribution in [0.1, 0.15) is 35.3 Å². The van der Waals surface area contributed by atoms with Crippen molar-refractivity contribution in [3.05, 3.63) is 58.1 Å². The lowest BCUT2D eigenvalue weighted by Gasteiger charge is -2.20. The molecule has 7 nitrogen and oxygen atoms in total. The fourth-order valence-corrected chi connectivity index (χ4v) is 4.73. The summed E-state index contributed by atoms with van der Waals surface area (Å²) in [5.41, 5.74) is 1.79. The minimum Gasteiger partial charge on any atom is -0.452 e. The molecule has 1 amide bonds. The van der Waals surface area contributed by atoms with Crippen molar-refractivity contribution >= 4 is 39.2 Å². The smallest absolute Gasteiger partial charge is 0.338 e. The van der Waals surface area contributed by atoms with Crippen LogP contribution in [-0.2, 0) is 19.6 Å². The predicted molar refractivity (Wildman–Crippen MR) is 116 cm³/mol. The summed E-state index contributed by atoms with van der Waals surface area (Å²) in [5, 5.41) is 3.14. The number of esters is 1. The van der Waals surface area contributed by atoms with Crippen LogP contribution in [0.15, 0.2) is 41.3 Å². The summed E-state index contributed by atoms with van der Waals surface area (Å²) in [6.45, 7) is 7.02. The Morgan fingerprint density at radius 1 is 1.10 bits per heavy atom. The largest absolute Gasteiger partial charge is 0.452 e. The molecule has 0 heterocycles. The SMILES string of the molecule is CCN(CC)S(=O)(=O)c1cc(C(=O)OCC(=O)Nc2cccc(Cl)c2C)ccc1C. The van der Waals surface area contributed by atoms with Gasteiger partial charge in [0.05, 0.1) is 10.5 Å². The average molecular weight is 453 g/mol. The van der Waals surface area contributed by atoms with E-state index in [1.54, 1.807) is 52.0 Å². The zero-order valence-electron chi connectivity index (χ0n) is 17.4. The molecule has 2 aromatic rings. The number of hydrogen-bond acceptors (Lipinski definition) is 5. The number of ether oxygens (including phenoxy) is 1. The van der Waals surface area contributed by atoms with Gasteiger partial charge in [-0.3, -0.25) is 4.79 Å². The Hall–Kier alpha value is -2.42. The van der Waals surface area contributed by atoms with E-state index in [-0.39, 0.29) is 10.5 Å². The van der Waals surface area contributed by atoms with Gasteiger partial charge < -0.3 is 10.1 Å². The van der Waals surface area contributed by atoms with Gasteiger partial charge >= 0.3 is 5.97 Å². The van der Waals surface area contributed by atoms with E-state index in [9.17, 15) is 18.0 Å². The Kier molecular flexibility index (Phi) is 8.00. The molecule has 0 aliphatic rings. The molecular formula is C21H25ClN2O5S. The third kappa shape index (κ3) is 5.38. The Morgan fingerprint density at radius 2 is 1.77 bits per heavy atom. The van der Waals surface area contributed by atoms with Crippen molar-refractivity contribution in [2.45, 2.75) is 32.6 Å². The summed E-state index contributed by atoms with van der Waals surface area (Å²) in [6, 6.07) is 9.38. The molecule has 1 N–H and O–H groups in total. The van der Waals surface area contributed by atoms with E-state index >= 15 is 0 Å².